The quantitative estimate of drug-likeness (QED) is 0.647. The number of benzene rings is 1. The molecule has 0 bridgehead atoms. The summed E-state index contributed by atoms with van der Waals surface area (Å²) in [4.78, 5) is 0. The molecule has 1 rings (SSSR count). The van der Waals surface area contributed by atoms with E-state index in [2.05, 4.69) is 0 Å². The maximum absolute atomic E-state index is 12.3. The molecule has 0 heterocycles. The van der Waals surface area contributed by atoms with Crippen molar-refractivity contribution in [2.24, 2.45) is 0 Å². The summed E-state index contributed by atoms with van der Waals surface area (Å²) in [6.07, 6.45) is -4.40. The van der Waals surface area contributed by atoms with Crippen LogP contribution in [-0.2, 0) is 6.18 Å². The van der Waals surface area contributed by atoms with E-state index < -0.39 is 17.3 Å². The lowest BCUT2D eigenvalue weighted by atomic mass is 9.88. The highest BCUT2D eigenvalue weighted by atomic mass is 35.5. The Labute approximate surface area is 83.6 Å². The van der Waals surface area contributed by atoms with Gasteiger partial charge in [-0.05, 0) is 5.46 Å². The predicted octanol–water partition coefficient (Wildman–Crippen LogP) is 2.88. The van der Waals surface area contributed by atoms with Crippen molar-refractivity contribution in [3.05, 3.63) is 29.8 Å². The molecule has 0 N–H and O–H groups in total. The fourth-order valence-electron chi connectivity index (χ4n) is 0.945. The van der Waals surface area contributed by atoms with Gasteiger partial charge < -0.3 is 0 Å². The Morgan fingerprint density at radius 3 is 2.00 bits per heavy atom. The first-order chi connectivity index (χ1) is 5.93. The Bertz CT molecular complexity index is 298. The van der Waals surface area contributed by atoms with Crippen LogP contribution in [0.25, 0.3) is 0 Å². The topological polar surface area (TPSA) is 0 Å². The van der Waals surface area contributed by atoms with Crippen molar-refractivity contribution in [3.8, 4) is 0 Å². The van der Waals surface area contributed by atoms with Crippen LogP contribution in [0.4, 0.5) is 13.2 Å². The molecule has 0 atom stereocenters. The Hall–Kier alpha value is -0.345. The van der Waals surface area contributed by atoms with Crippen LogP contribution in [0, 0.1) is 0 Å². The van der Waals surface area contributed by atoms with E-state index >= 15 is 0 Å². The third-order valence-electron chi connectivity index (χ3n) is 1.50. The van der Waals surface area contributed by atoms with E-state index in [1.807, 2.05) is 0 Å². The molecule has 70 valence electrons. The first-order valence-electron chi connectivity index (χ1n) is 3.37. The first kappa shape index (κ1) is 10.7. The normalized spacial score (nSPS) is 11.5. The molecule has 0 aliphatic rings. The lowest BCUT2D eigenvalue weighted by molar-refractivity contribution is -0.136. The summed E-state index contributed by atoms with van der Waals surface area (Å²) >= 11 is 10.8. The zero-order valence-electron chi connectivity index (χ0n) is 6.28. The van der Waals surface area contributed by atoms with E-state index in [1.165, 1.54) is 18.2 Å². The van der Waals surface area contributed by atoms with Crippen molar-refractivity contribution in [1.82, 2.24) is 0 Å². The van der Waals surface area contributed by atoms with Gasteiger partial charge in [-0.3, -0.25) is 0 Å². The van der Waals surface area contributed by atoms with E-state index in [1.54, 1.807) is 0 Å². The van der Waals surface area contributed by atoms with Gasteiger partial charge in [-0.1, -0.05) is 24.3 Å². The molecular formula is C7H4BCl2F3. The first-order valence-corrected chi connectivity index (χ1v) is 4.24. The van der Waals surface area contributed by atoms with Crippen molar-refractivity contribution in [1.29, 1.82) is 0 Å². The zero-order chi connectivity index (χ0) is 10.1. The van der Waals surface area contributed by atoms with E-state index in [-0.39, 0.29) is 5.46 Å². The molecule has 0 amide bonds. The van der Waals surface area contributed by atoms with Crippen LogP contribution in [0.15, 0.2) is 24.3 Å². The molecule has 0 spiro atoms. The second-order valence-corrected chi connectivity index (χ2v) is 3.48. The maximum Gasteiger partial charge on any atom is 0.415 e. The molecule has 0 aliphatic carbocycles. The zero-order valence-corrected chi connectivity index (χ0v) is 7.79. The van der Waals surface area contributed by atoms with Gasteiger partial charge in [-0.25, -0.2) is 0 Å². The van der Waals surface area contributed by atoms with Gasteiger partial charge in [0, 0.05) is 0 Å². The minimum atomic E-state index is -4.40. The third kappa shape index (κ3) is 2.55. The van der Waals surface area contributed by atoms with Crippen LogP contribution < -0.4 is 5.46 Å². The molecule has 1 aromatic rings. The average molecular weight is 227 g/mol. The van der Waals surface area contributed by atoms with Crippen LogP contribution in [0.1, 0.15) is 5.56 Å². The molecule has 0 nitrogen and oxygen atoms in total. The summed E-state index contributed by atoms with van der Waals surface area (Å²) in [6.45, 7) is 0. The third-order valence-corrected chi connectivity index (χ3v) is 1.97. The van der Waals surface area contributed by atoms with Crippen molar-refractivity contribution >= 4 is 33.9 Å². The summed E-state index contributed by atoms with van der Waals surface area (Å²) in [7, 11) is 0. The molecular weight excluding hydrogens is 223 g/mol. The number of halogens is 5. The van der Waals surface area contributed by atoms with E-state index in [0.29, 0.717) is 0 Å². The monoisotopic (exact) mass is 226 g/mol. The highest BCUT2D eigenvalue weighted by molar-refractivity contribution is 7.39. The smallest absolute Gasteiger partial charge is 0.166 e. The summed E-state index contributed by atoms with van der Waals surface area (Å²) < 4.78 is 36.9. The van der Waals surface area contributed by atoms with Gasteiger partial charge in [-0.15, -0.1) is 0 Å². The maximum atomic E-state index is 12.3. The van der Waals surface area contributed by atoms with Crippen LogP contribution >= 0.6 is 22.9 Å². The van der Waals surface area contributed by atoms with Crippen molar-refractivity contribution < 1.29 is 13.2 Å². The molecule has 0 aromatic heterocycles. The molecule has 0 fully saturated rings. The van der Waals surface area contributed by atoms with Gasteiger partial charge in [-0.2, -0.15) is 36.1 Å². The van der Waals surface area contributed by atoms with Gasteiger partial charge in [0.2, 0.25) is 0 Å². The molecule has 6 heteroatoms. The Morgan fingerprint density at radius 1 is 1.08 bits per heavy atom. The second kappa shape index (κ2) is 3.80. The van der Waals surface area contributed by atoms with Gasteiger partial charge >= 0.3 is 11.7 Å². The summed E-state index contributed by atoms with van der Waals surface area (Å²) in [6, 6.07) is 4.96. The second-order valence-electron chi connectivity index (χ2n) is 2.39. The molecule has 0 saturated carbocycles. The summed E-state index contributed by atoms with van der Waals surface area (Å²) in [5.41, 5.74) is -2.05. The SMILES string of the molecule is FC(F)(F)c1ccccc1B(Cl)Cl. The summed E-state index contributed by atoms with van der Waals surface area (Å²) in [5.74, 6) is 0. The molecule has 0 saturated heterocycles. The number of hydrogen-bond donors (Lipinski definition) is 0. The minimum Gasteiger partial charge on any atom is -0.166 e. The van der Waals surface area contributed by atoms with Crippen molar-refractivity contribution in [3.63, 3.8) is 0 Å². The number of alkyl halides is 3. The molecule has 1 aromatic carbocycles. The highest BCUT2D eigenvalue weighted by Crippen LogP contribution is 2.28. The Balaban J connectivity index is 3.20. The predicted molar refractivity (Wildman–Crippen MR) is 48.5 cm³/mol. The van der Waals surface area contributed by atoms with E-state index in [0.717, 1.165) is 6.07 Å². The van der Waals surface area contributed by atoms with Gasteiger partial charge in [0.15, 0.2) is 0 Å². The summed E-state index contributed by atoms with van der Waals surface area (Å²) in [5, 5.41) is 0. The average Bonchev–Trinajstić information content (AvgIpc) is 2.03. The van der Waals surface area contributed by atoms with E-state index in [4.69, 9.17) is 22.9 Å². The Kier molecular flexibility index (Phi) is 3.14. The molecule has 13 heavy (non-hydrogen) atoms. The standard InChI is InChI=1S/C7H4BCl2F3/c9-8(10)6-4-2-1-3-5(6)7(11,12)13/h1-4H. The molecule has 0 aliphatic heterocycles. The van der Waals surface area contributed by atoms with Crippen LogP contribution in [0.5, 0.6) is 0 Å². The van der Waals surface area contributed by atoms with Crippen LogP contribution in [0.3, 0.4) is 0 Å². The molecule has 0 radical (unpaired) electrons. The largest absolute Gasteiger partial charge is 0.415 e. The van der Waals surface area contributed by atoms with Crippen molar-refractivity contribution in [2.75, 3.05) is 0 Å². The molecule has 0 unspecified atom stereocenters. The minimum absolute atomic E-state index is 0.113. The van der Waals surface area contributed by atoms with Crippen LogP contribution in [0.2, 0.25) is 0 Å². The van der Waals surface area contributed by atoms with Crippen LogP contribution in [-0.4, -0.2) is 5.54 Å². The van der Waals surface area contributed by atoms with Crippen molar-refractivity contribution in [2.45, 2.75) is 6.18 Å². The fourth-order valence-corrected chi connectivity index (χ4v) is 1.33. The van der Waals surface area contributed by atoms with Gasteiger partial charge in [0.05, 0.1) is 5.56 Å². The number of rotatable bonds is 1. The lowest BCUT2D eigenvalue weighted by Crippen LogP contribution is -2.27. The lowest BCUT2D eigenvalue weighted by Gasteiger charge is -2.11. The Morgan fingerprint density at radius 2 is 1.62 bits per heavy atom. The number of hydrogen-bond acceptors (Lipinski definition) is 0. The fraction of sp³-hybridized carbons (Fsp3) is 0.143. The highest BCUT2D eigenvalue weighted by Gasteiger charge is 2.34. The van der Waals surface area contributed by atoms with Gasteiger partial charge in [0.25, 0.3) is 0 Å². The van der Waals surface area contributed by atoms with E-state index in [9.17, 15) is 13.2 Å². The van der Waals surface area contributed by atoms with Gasteiger partial charge in [0.1, 0.15) is 0 Å².